The van der Waals surface area contributed by atoms with Crippen LogP contribution in [0, 0.1) is 5.92 Å². The molecule has 21 heavy (non-hydrogen) atoms. The number of nitrogens with two attached hydrogens (primary N) is 1. The highest BCUT2D eigenvalue weighted by molar-refractivity contribution is 7.80. The van der Waals surface area contributed by atoms with E-state index in [9.17, 15) is 0 Å². The molecule has 0 heterocycles. The average molecular weight is 330 g/mol. The molecular formula is C17H35NOSSi. The molecule has 0 radical (unpaired) electrons. The van der Waals surface area contributed by atoms with Gasteiger partial charge in [0.2, 0.25) is 0 Å². The van der Waals surface area contributed by atoms with Gasteiger partial charge in [-0.3, -0.25) is 0 Å². The minimum Gasteiger partial charge on any atom is -0.414 e. The maximum atomic E-state index is 6.55. The highest BCUT2D eigenvalue weighted by Crippen LogP contribution is 2.40. The summed E-state index contributed by atoms with van der Waals surface area (Å²) >= 11 is 5.62. The van der Waals surface area contributed by atoms with E-state index in [0.29, 0.717) is 17.1 Å². The highest BCUT2D eigenvalue weighted by Gasteiger charge is 2.39. The summed E-state index contributed by atoms with van der Waals surface area (Å²) in [6, 6.07) is 0. The molecule has 1 fully saturated rings. The van der Waals surface area contributed by atoms with Crippen LogP contribution in [-0.4, -0.2) is 25.8 Å². The smallest absolute Gasteiger partial charge is 0.192 e. The van der Waals surface area contributed by atoms with Crippen LogP contribution in [-0.2, 0) is 4.43 Å². The van der Waals surface area contributed by atoms with E-state index in [1.54, 1.807) is 0 Å². The van der Waals surface area contributed by atoms with E-state index in [4.69, 9.17) is 22.4 Å². The van der Waals surface area contributed by atoms with Crippen molar-refractivity contribution in [2.75, 3.05) is 6.54 Å². The summed E-state index contributed by atoms with van der Waals surface area (Å²) in [6.45, 7) is 12.5. The monoisotopic (exact) mass is 329 g/mol. The Morgan fingerprint density at radius 1 is 1.14 bits per heavy atom. The average Bonchev–Trinajstić information content (AvgIpc) is 2.38. The quantitative estimate of drug-likeness (QED) is 0.402. The molecule has 0 saturated heterocycles. The van der Waals surface area contributed by atoms with E-state index < -0.39 is 8.32 Å². The Kier molecular flexibility index (Phi) is 7.51. The minimum atomic E-state index is -1.61. The maximum Gasteiger partial charge on any atom is 0.192 e. The summed E-state index contributed by atoms with van der Waals surface area (Å²) in [4.78, 5) is 1.29. The predicted molar refractivity (Wildman–Crippen MR) is 99.5 cm³/mol. The molecule has 0 unspecified atom stereocenters. The molecule has 0 aromatic heterocycles. The molecule has 0 aromatic rings. The fourth-order valence-corrected chi connectivity index (χ4v) is 4.55. The largest absolute Gasteiger partial charge is 0.414 e. The Balaban J connectivity index is 2.37. The van der Waals surface area contributed by atoms with Gasteiger partial charge >= 0.3 is 0 Å². The van der Waals surface area contributed by atoms with Crippen molar-refractivity contribution >= 4 is 25.4 Å². The van der Waals surface area contributed by atoms with Crippen LogP contribution in [0.5, 0.6) is 0 Å². The second-order valence-electron chi connectivity index (χ2n) is 8.06. The van der Waals surface area contributed by atoms with Crippen molar-refractivity contribution in [1.29, 1.82) is 0 Å². The molecule has 2 nitrogen and oxygen atoms in total. The standard InChI is InChI=1S/C17H35NOSSi/c1-17(2,3)21(4,5)19-15-11-9-14(10-12-15)16(20)8-6-7-13-18/h14-15H,6-13,18H2,1-5H3. The number of thiocarbonyl (C=S) groups is 1. The fourth-order valence-electron chi connectivity index (χ4n) is 2.74. The maximum absolute atomic E-state index is 6.55. The van der Waals surface area contributed by atoms with Crippen molar-refractivity contribution in [3.8, 4) is 0 Å². The summed E-state index contributed by atoms with van der Waals surface area (Å²) in [5.74, 6) is 0.650. The van der Waals surface area contributed by atoms with Gasteiger partial charge in [0.05, 0.1) is 0 Å². The first kappa shape index (κ1) is 19.3. The lowest BCUT2D eigenvalue weighted by atomic mass is 9.84. The molecule has 0 aromatic carbocycles. The fraction of sp³-hybridized carbons (Fsp3) is 0.941. The van der Waals surface area contributed by atoms with Gasteiger partial charge in [-0.25, -0.2) is 0 Å². The molecular weight excluding hydrogens is 294 g/mol. The van der Waals surface area contributed by atoms with E-state index in [1.807, 2.05) is 0 Å². The molecule has 1 rings (SSSR count). The van der Waals surface area contributed by atoms with Gasteiger partial charge in [-0.2, -0.15) is 0 Å². The predicted octanol–water partition coefficient (Wildman–Crippen LogP) is 5.07. The van der Waals surface area contributed by atoms with Crippen LogP contribution >= 0.6 is 12.2 Å². The molecule has 124 valence electrons. The van der Waals surface area contributed by atoms with Crippen molar-refractivity contribution in [3.05, 3.63) is 0 Å². The van der Waals surface area contributed by atoms with Gasteiger partial charge in [0.1, 0.15) is 0 Å². The van der Waals surface area contributed by atoms with Gasteiger partial charge in [-0.15, -0.1) is 0 Å². The van der Waals surface area contributed by atoms with Crippen LogP contribution in [0.1, 0.15) is 65.7 Å². The first-order valence-corrected chi connectivity index (χ1v) is 11.9. The SMILES string of the molecule is CC(C)(C)[Si](C)(C)OC1CCC(C(=S)CCCCN)CC1. The van der Waals surface area contributed by atoms with Crippen LogP contribution in [0.25, 0.3) is 0 Å². The van der Waals surface area contributed by atoms with Crippen LogP contribution < -0.4 is 5.73 Å². The van der Waals surface area contributed by atoms with Gasteiger partial charge in [0.25, 0.3) is 0 Å². The van der Waals surface area contributed by atoms with Crippen molar-refractivity contribution in [1.82, 2.24) is 0 Å². The van der Waals surface area contributed by atoms with Crippen molar-refractivity contribution in [2.24, 2.45) is 11.7 Å². The van der Waals surface area contributed by atoms with Gasteiger partial charge in [-0.05, 0) is 80.4 Å². The highest BCUT2D eigenvalue weighted by atomic mass is 32.1. The lowest BCUT2D eigenvalue weighted by Gasteiger charge is -2.41. The zero-order chi connectivity index (χ0) is 16.1. The second-order valence-corrected chi connectivity index (χ2v) is 13.3. The van der Waals surface area contributed by atoms with Crippen molar-refractivity contribution in [3.63, 3.8) is 0 Å². The van der Waals surface area contributed by atoms with E-state index in [-0.39, 0.29) is 0 Å². The van der Waals surface area contributed by atoms with Gasteiger partial charge in [-0.1, -0.05) is 33.0 Å². The topological polar surface area (TPSA) is 35.2 Å². The zero-order valence-corrected chi connectivity index (χ0v) is 16.5. The van der Waals surface area contributed by atoms with E-state index in [2.05, 4.69) is 33.9 Å². The van der Waals surface area contributed by atoms with E-state index in [0.717, 1.165) is 25.8 Å². The summed E-state index contributed by atoms with van der Waals surface area (Å²) in [6.07, 6.45) is 8.64. The summed E-state index contributed by atoms with van der Waals surface area (Å²) < 4.78 is 6.55. The van der Waals surface area contributed by atoms with Crippen molar-refractivity contribution < 1.29 is 4.43 Å². The zero-order valence-electron chi connectivity index (χ0n) is 14.7. The number of unbranched alkanes of at least 4 members (excludes halogenated alkanes) is 1. The van der Waals surface area contributed by atoms with Crippen molar-refractivity contribution in [2.45, 2.75) is 90.0 Å². The Morgan fingerprint density at radius 2 is 1.71 bits per heavy atom. The Bertz CT molecular complexity index is 330. The van der Waals surface area contributed by atoms with Crippen LogP contribution in [0.3, 0.4) is 0 Å². The third kappa shape index (κ3) is 6.09. The lowest BCUT2D eigenvalue weighted by molar-refractivity contribution is 0.128. The minimum absolute atomic E-state index is 0.307. The number of hydrogen-bond acceptors (Lipinski definition) is 3. The molecule has 0 aliphatic heterocycles. The van der Waals surface area contributed by atoms with Crippen LogP contribution in [0.4, 0.5) is 0 Å². The van der Waals surface area contributed by atoms with Crippen LogP contribution in [0.15, 0.2) is 0 Å². The molecule has 2 N–H and O–H groups in total. The number of rotatable bonds is 7. The number of hydrogen-bond donors (Lipinski definition) is 1. The van der Waals surface area contributed by atoms with Crippen LogP contribution in [0.2, 0.25) is 18.1 Å². The van der Waals surface area contributed by atoms with Gasteiger partial charge < -0.3 is 10.2 Å². The molecule has 4 heteroatoms. The molecule has 1 saturated carbocycles. The molecule has 0 spiro atoms. The summed E-state index contributed by atoms with van der Waals surface area (Å²) in [5.41, 5.74) is 5.55. The molecule has 1 aliphatic rings. The lowest BCUT2D eigenvalue weighted by Crippen LogP contribution is -2.44. The normalized spacial score (nSPS) is 24.1. The second kappa shape index (κ2) is 8.18. The third-order valence-electron chi connectivity index (χ3n) is 5.27. The summed E-state index contributed by atoms with van der Waals surface area (Å²) in [5, 5.41) is 0.307. The molecule has 0 bridgehead atoms. The summed E-state index contributed by atoms with van der Waals surface area (Å²) in [7, 11) is -1.61. The molecule has 1 aliphatic carbocycles. The molecule has 0 atom stereocenters. The molecule has 0 amide bonds. The van der Waals surface area contributed by atoms with Gasteiger partial charge in [0.15, 0.2) is 8.32 Å². The first-order chi connectivity index (χ1) is 9.67. The van der Waals surface area contributed by atoms with E-state index in [1.165, 1.54) is 30.5 Å². The Hall–Kier alpha value is 0.227. The third-order valence-corrected chi connectivity index (χ3v) is 10.3. The Labute approximate surface area is 138 Å². The van der Waals surface area contributed by atoms with Gasteiger partial charge in [0, 0.05) is 6.10 Å². The van der Waals surface area contributed by atoms with E-state index >= 15 is 0 Å². The first-order valence-electron chi connectivity index (χ1n) is 8.58. The Morgan fingerprint density at radius 3 is 2.19 bits per heavy atom.